The zero-order chi connectivity index (χ0) is 20.2. The minimum Gasteiger partial charge on any atom is -0.452 e. The number of sulfone groups is 1. The number of benzene rings is 1. The van der Waals surface area contributed by atoms with Crippen molar-refractivity contribution in [2.75, 3.05) is 18.1 Å². The van der Waals surface area contributed by atoms with Gasteiger partial charge in [0.05, 0.1) is 17.1 Å². The number of esters is 1. The van der Waals surface area contributed by atoms with Crippen molar-refractivity contribution in [2.45, 2.75) is 56.3 Å². The van der Waals surface area contributed by atoms with Crippen molar-refractivity contribution >= 4 is 33.5 Å². The monoisotopic (exact) mass is 413 g/mol. The van der Waals surface area contributed by atoms with Crippen LogP contribution in [0, 0.1) is 0 Å². The molecule has 27 heavy (non-hydrogen) atoms. The Balaban J connectivity index is 2.03. The Hall–Kier alpha value is -1.54. The SMILES string of the molecule is CC(C)N(C(=O)COC(=O)c1ccccc1S[C@@H]1CCS(=O)(=O)C1)C(C)C. The molecule has 0 bridgehead atoms. The second kappa shape index (κ2) is 9.10. The maximum Gasteiger partial charge on any atom is 0.339 e. The zero-order valence-electron chi connectivity index (χ0n) is 16.2. The van der Waals surface area contributed by atoms with Crippen LogP contribution in [0.1, 0.15) is 44.5 Å². The van der Waals surface area contributed by atoms with Crippen molar-refractivity contribution in [1.82, 2.24) is 4.90 Å². The van der Waals surface area contributed by atoms with Crippen molar-refractivity contribution in [1.29, 1.82) is 0 Å². The van der Waals surface area contributed by atoms with Crippen LogP contribution in [0.2, 0.25) is 0 Å². The van der Waals surface area contributed by atoms with Crippen LogP contribution in [0.5, 0.6) is 0 Å². The maximum absolute atomic E-state index is 12.5. The quantitative estimate of drug-likeness (QED) is 0.640. The fraction of sp³-hybridized carbons (Fsp3) is 0.579. The van der Waals surface area contributed by atoms with E-state index in [2.05, 4.69) is 0 Å². The van der Waals surface area contributed by atoms with Gasteiger partial charge in [0.2, 0.25) is 0 Å². The van der Waals surface area contributed by atoms with Crippen molar-refractivity contribution in [3.8, 4) is 0 Å². The molecule has 0 spiro atoms. The molecule has 0 unspecified atom stereocenters. The van der Waals surface area contributed by atoms with Crippen LogP contribution in [-0.2, 0) is 19.4 Å². The molecule has 1 amide bonds. The van der Waals surface area contributed by atoms with Crippen LogP contribution in [-0.4, -0.2) is 60.6 Å². The molecule has 0 aliphatic carbocycles. The summed E-state index contributed by atoms with van der Waals surface area (Å²) in [5, 5.41) is -0.0667. The Labute approximate surface area is 165 Å². The molecular weight excluding hydrogens is 386 g/mol. The first-order chi connectivity index (χ1) is 12.6. The molecule has 8 heteroatoms. The average Bonchev–Trinajstić information content (AvgIpc) is 2.91. The number of amides is 1. The minimum atomic E-state index is -2.98. The first-order valence-electron chi connectivity index (χ1n) is 9.05. The summed E-state index contributed by atoms with van der Waals surface area (Å²) in [5.41, 5.74) is 0.361. The van der Waals surface area contributed by atoms with Gasteiger partial charge in [0.15, 0.2) is 16.4 Å². The zero-order valence-corrected chi connectivity index (χ0v) is 17.8. The number of hydrogen-bond acceptors (Lipinski definition) is 6. The highest BCUT2D eigenvalue weighted by molar-refractivity contribution is 8.02. The second-order valence-electron chi connectivity index (χ2n) is 7.20. The van der Waals surface area contributed by atoms with Gasteiger partial charge in [-0.25, -0.2) is 13.2 Å². The van der Waals surface area contributed by atoms with E-state index in [-0.39, 0.29) is 41.4 Å². The van der Waals surface area contributed by atoms with Gasteiger partial charge in [-0.05, 0) is 46.2 Å². The fourth-order valence-electron chi connectivity index (χ4n) is 3.22. The van der Waals surface area contributed by atoms with Gasteiger partial charge in [-0.3, -0.25) is 4.79 Å². The number of carbonyl (C=O) groups excluding carboxylic acids is 2. The highest BCUT2D eigenvalue weighted by atomic mass is 32.2. The number of nitrogens with zero attached hydrogens (tertiary/aromatic N) is 1. The van der Waals surface area contributed by atoms with Crippen LogP contribution in [0.15, 0.2) is 29.2 Å². The Kier molecular flexibility index (Phi) is 7.33. The molecule has 2 rings (SSSR count). The smallest absolute Gasteiger partial charge is 0.339 e. The van der Waals surface area contributed by atoms with E-state index < -0.39 is 15.8 Å². The number of rotatable bonds is 7. The van der Waals surface area contributed by atoms with Crippen LogP contribution >= 0.6 is 11.8 Å². The molecule has 6 nitrogen and oxygen atoms in total. The van der Waals surface area contributed by atoms with Crippen LogP contribution in [0.25, 0.3) is 0 Å². The van der Waals surface area contributed by atoms with Gasteiger partial charge < -0.3 is 9.64 Å². The maximum atomic E-state index is 12.5. The van der Waals surface area contributed by atoms with E-state index in [0.717, 1.165) is 0 Å². The predicted molar refractivity (Wildman–Crippen MR) is 107 cm³/mol. The Morgan fingerprint density at radius 2 is 1.81 bits per heavy atom. The lowest BCUT2D eigenvalue weighted by Gasteiger charge is -2.30. The van der Waals surface area contributed by atoms with Gasteiger partial charge in [0.1, 0.15) is 0 Å². The summed E-state index contributed by atoms with van der Waals surface area (Å²) in [5.74, 6) is -0.497. The van der Waals surface area contributed by atoms with Crippen molar-refractivity contribution in [2.24, 2.45) is 0 Å². The molecule has 0 saturated carbocycles. The Morgan fingerprint density at radius 3 is 2.37 bits per heavy atom. The van der Waals surface area contributed by atoms with Crippen molar-refractivity contribution in [3.05, 3.63) is 29.8 Å². The third-order valence-corrected chi connectivity index (χ3v) is 7.64. The molecule has 150 valence electrons. The minimum absolute atomic E-state index is 0.0170. The molecule has 0 aromatic heterocycles. The second-order valence-corrected chi connectivity index (χ2v) is 10.8. The molecule has 0 radical (unpaired) electrons. The van der Waals surface area contributed by atoms with Crippen LogP contribution < -0.4 is 0 Å². The number of ether oxygens (including phenoxy) is 1. The summed E-state index contributed by atoms with van der Waals surface area (Å²) in [4.78, 5) is 27.2. The van der Waals surface area contributed by atoms with Gasteiger partial charge in [-0.15, -0.1) is 11.8 Å². The van der Waals surface area contributed by atoms with E-state index in [4.69, 9.17) is 4.74 Å². The van der Waals surface area contributed by atoms with Gasteiger partial charge >= 0.3 is 5.97 Å². The summed E-state index contributed by atoms with van der Waals surface area (Å²) >= 11 is 1.38. The number of hydrogen-bond donors (Lipinski definition) is 0. The lowest BCUT2D eigenvalue weighted by atomic mass is 10.2. The van der Waals surface area contributed by atoms with Gasteiger partial charge in [-0.1, -0.05) is 12.1 Å². The first-order valence-corrected chi connectivity index (χ1v) is 11.7. The number of thioether (sulfide) groups is 1. The highest BCUT2D eigenvalue weighted by Gasteiger charge is 2.30. The molecule has 1 aliphatic rings. The molecule has 0 N–H and O–H groups in total. The normalized spacial score (nSPS) is 18.7. The summed E-state index contributed by atoms with van der Waals surface area (Å²) in [6.45, 7) is 7.36. The Bertz CT molecular complexity index is 781. The van der Waals surface area contributed by atoms with E-state index in [1.165, 1.54) is 11.8 Å². The third kappa shape index (κ3) is 5.97. The van der Waals surface area contributed by atoms with E-state index in [1.54, 1.807) is 29.2 Å². The molecule has 1 saturated heterocycles. The number of carbonyl (C=O) groups is 2. The summed E-state index contributed by atoms with van der Waals surface area (Å²) < 4.78 is 28.6. The van der Waals surface area contributed by atoms with Crippen molar-refractivity contribution in [3.63, 3.8) is 0 Å². The average molecular weight is 414 g/mol. The van der Waals surface area contributed by atoms with Gasteiger partial charge in [0, 0.05) is 22.2 Å². The van der Waals surface area contributed by atoms with E-state index in [9.17, 15) is 18.0 Å². The highest BCUT2D eigenvalue weighted by Crippen LogP contribution is 2.33. The molecule has 1 aliphatic heterocycles. The van der Waals surface area contributed by atoms with Gasteiger partial charge in [-0.2, -0.15) is 0 Å². The third-order valence-electron chi connectivity index (χ3n) is 4.32. The topological polar surface area (TPSA) is 80.8 Å². The molecule has 1 atom stereocenters. The predicted octanol–water partition coefficient (Wildman–Crippen LogP) is 2.77. The molecule has 1 aromatic carbocycles. The van der Waals surface area contributed by atoms with E-state index >= 15 is 0 Å². The summed E-state index contributed by atoms with van der Waals surface area (Å²) in [6.07, 6.45) is 0.576. The molecule has 1 aromatic rings. The Morgan fingerprint density at radius 1 is 1.19 bits per heavy atom. The fourth-order valence-corrected chi connectivity index (χ4v) is 6.84. The molecule has 1 heterocycles. The molecule has 1 fully saturated rings. The first kappa shape index (κ1) is 21.8. The largest absolute Gasteiger partial charge is 0.452 e. The van der Waals surface area contributed by atoms with Crippen LogP contribution in [0.4, 0.5) is 0 Å². The van der Waals surface area contributed by atoms with Crippen LogP contribution in [0.3, 0.4) is 0 Å². The summed E-state index contributed by atoms with van der Waals surface area (Å²) in [7, 11) is -2.98. The lowest BCUT2D eigenvalue weighted by molar-refractivity contribution is -0.138. The standard InChI is InChI=1S/C19H27NO5S2/c1-13(2)20(14(3)4)18(21)11-25-19(22)16-7-5-6-8-17(16)26-15-9-10-27(23,24)12-15/h5-8,13-15H,9-12H2,1-4H3/t15-/m1/s1. The summed E-state index contributed by atoms with van der Waals surface area (Å²) in [6, 6.07) is 6.98. The van der Waals surface area contributed by atoms with Gasteiger partial charge in [0.25, 0.3) is 5.91 Å². The molecular formula is C19H27NO5S2. The lowest BCUT2D eigenvalue weighted by Crippen LogP contribution is -2.44. The van der Waals surface area contributed by atoms with E-state index in [0.29, 0.717) is 16.9 Å². The van der Waals surface area contributed by atoms with Crippen molar-refractivity contribution < 1.29 is 22.7 Å². The van der Waals surface area contributed by atoms with E-state index in [1.807, 2.05) is 27.7 Å².